The molecule has 1 rings (SSSR count). The number of anilines is 1. The van der Waals surface area contributed by atoms with Crippen molar-refractivity contribution in [2.45, 2.75) is 30.5 Å². The molecular formula is C12H12Cl2F3NO3S. The van der Waals surface area contributed by atoms with E-state index in [-0.39, 0.29) is 26.4 Å². The minimum atomic E-state index is -5.16. The van der Waals surface area contributed by atoms with Crippen molar-refractivity contribution in [1.29, 1.82) is 0 Å². The van der Waals surface area contributed by atoms with E-state index < -0.39 is 28.5 Å². The van der Waals surface area contributed by atoms with Gasteiger partial charge in [0.25, 0.3) is 5.91 Å². The lowest BCUT2D eigenvalue weighted by Gasteiger charge is -2.25. The van der Waals surface area contributed by atoms with E-state index in [9.17, 15) is 27.3 Å². The van der Waals surface area contributed by atoms with E-state index in [1.54, 1.807) is 6.92 Å². The maximum absolute atomic E-state index is 12.6. The molecule has 0 aliphatic rings. The van der Waals surface area contributed by atoms with Crippen molar-refractivity contribution >= 4 is 45.6 Å². The summed E-state index contributed by atoms with van der Waals surface area (Å²) in [7, 11) is -1.42. The first kappa shape index (κ1) is 19.2. The lowest BCUT2D eigenvalue weighted by atomic mass is 10.1. The van der Waals surface area contributed by atoms with Gasteiger partial charge in [0.15, 0.2) is 0 Å². The third-order valence-corrected chi connectivity index (χ3v) is 5.15. The van der Waals surface area contributed by atoms with Crippen molar-refractivity contribution in [3.63, 3.8) is 0 Å². The lowest BCUT2D eigenvalue weighted by Crippen LogP contribution is -2.52. The summed E-state index contributed by atoms with van der Waals surface area (Å²) in [5.74, 6) is -1.44. The Morgan fingerprint density at radius 3 is 2.32 bits per heavy atom. The Labute approximate surface area is 137 Å². The van der Waals surface area contributed by atoms with Gasteiger partial charge < -0.3 is 10.4 Å². The first-order chi connectivity index (χ1) is 9.93. The summed E-state index contributed by atoms with van der Waals surface area (Å²) in [5, 5.41) is 10.7. The maximum atomic E-state index is 12.6. The van der Waals surface area contributed by atoms with Crippen molar-refractivity contribution in [3.05, 3.63) is 22.2 Å². The Hall–Kier alpha value is -0.830. The number of carbonyl (C=O) groups is 1. The third kappa shape index (κ3) is 3.73. The molecule has 1 amide bonds. The van der Waals surface area contributed by atoms with Gasteiger partial charge in [0.05, 0.1) is 31.4 Å². The average Bonchev–Trinajstić information content (AvgIpc) is 2.41. The molecule has 0 fully saturated rings. The lowest BCUT2D eigenvalue weighted by molar-refractivity contribution is -0.242. The number of benzene rings is 1. The largest absolute Gasteiger partial charge is 0.426 e. The normalized spacial score (nSPS) is 16.0. The van der Waals surface area contributed by atoms with E-state index in [0.29, 0.717) is 6.92 Å². The molecule has 0 heterocycles. The SMILES string of the molecule is CC[S@@](=O)c1ccc(NC(=O)C(C)(O)C(F)(F)F)c(Cl)c1Cl. The second-order valence-corrected chi connectivity index (χ2v) is 6.86. The van der Waals surface area contributed by atoms with Gasteiger partial charge in [-0.2, -0.15) is 13.2 Å². The van der Waals surface area contributed by atoms with Gasteiger partial charge in [-0.1, -0.05) is 30.1 Å². The minimum absolute atomic E-state index is 0.133. The van der Waals surface area contributed by atoms with Gasteiger partial charge in [0, 0.05) is 5.75 Å². The minimum Gasteiger partial charge on any atom is -0.373 e. The van der Waals surface area contributed by atoms with Gasteiger partial charge in [0.2, 0.25) is 5.60 Å². The fraction of sp³-hybridized carbons (Fsp3) is 0.417. The summed E-state index contributed by atoms with van der Waals surface area (Å²) in [6.07, 6.45) is -5.16. The van der Waals surface area contributed by atoms with E-state index >= 15 is 0 Å². The summed E-state index contributed by atoms with van der Waals surface area (Å²) in [6, 6.07) is 2.45. The van der Waals surface area contributed by atoms with Gasteiger partial charge in [-0.15, -0.1) is 0 Å². The van der Waals surface area contributed by atoms with Crippen molar-refractivity contribution in [3.8, 4) is 0 Å². The third-order valence-electron chi connectivity index (χ3n) is 2.80. The molecule has 22 heavy (non-hydrogen) atoms. The monoisotopic (exact) mass is 377 g/mol. The van der Waals surface area contributed by atoms with Crippen molar-refractivity contribution in [1.82, 2.24) is 0 Å². The molecule has 0 saturated heterocycles. The molecule has 124 valence electrons. The molecule has 10 heteroatoms. The maximum Gasteiger partial charge on any atom is 0.426 e. The van der Waals surface area contributed by atoms with Crippen LogP contribution >= 0.6 is 23.2 Å². The van der Waals surface area contributed by atoms with Crippen LogP contribution < -0.4 is 5.32 Å². The van der Waals surface area contributed by atoms with Crippen LogP contribution in [0.4, 0.5) is 18.9 Å². The molecule has 0 saturated carbocycles. The molecule has 0 aromatic heterocycles. The summed E-state index contributed by atoms with van der Waals surface area (Å²) in [5.41, 5.74) is -3.81. The topological polar surface area (TPSA) is 66.4 Å². The van der Waals surface area contributed by atoms with Gasteiger partial charge in [-0.25, -0.2) is 0 Å². The van der Waals surface area contributed by atoms with Crippen LogP contribution in [-0.2, 0) is 15.6 Å². The molecule has 4 nitrogen and oxygen atoms in total. The van der Waals surface area contributed by atoms with Crippen LogP contribution in [0.5, 0.6) is 0 Å². The quantitative estimate of drug-likeness (QED) is 0.845. The van der Waals surface area contributed by atoms with Gasteiger partial charge in [-0.3, -0.25) is 9.00 Å². The highest BCUT2D eigenvalue weighted by atomic mass is 35.5. The first-order valence-corrected chi connectivity index (χ1v) is 7.97. The summed E-state index contributed by atoms with van der Waals surface area (Å²) < 4.78 is 49.4. The number of halogens is 5. The van der Waals surface area contributed by atoms with Crippen LogP contribution in [0.2, 0.25) is 10.0 Å². The predicted molar refractivity (Wildman–Crippen MR) is 78.7 cm³/mol. The Morgan fingerprint density at radius 1 is 1.32 bits per heavy atom. The van der Waals surface area contributed by atoms with Gasteiger partial charge in [0.1, 0.15) is 0 Å². The molecule has 0 bridgehead atoms. The molecule has 0 radical (unpaired) electrons. The Kier molecular flexibility index (Phi) is 5.88. The van der Waals surface area contributed by atoms with E-state index in [4.69, 9.17) is 23.2 Å². The Morgan fingerprint density at radius 2 is 1.86 bits per heavy atom. The van der Waals surface area contributed by atoms with Gasteiger partial charge >= 0.3 is 6.18 Å². The number of alkyl halides is 3. The number of aliphatic hydroxyl groups is 1. The Bertz CT molecular complexity index is 620. The second-order valence-electron chi connectivity index (χ2n) is 4.40. The highest BCUT2D eigenvalue weighted by molar-refractivity contribution is 7.85. The molecule has 1 aromatic carbocycles. The number of rotatable bonds is 4. The van der Waals surface area contributed by atoms with E-state index in [1.807, 2.05) is 5.32 Å². The van der Waals surface area contributed by atoms with E-state index in [2.05, 4.69) is 0 Å². The summed E-state index contributed by atoms with van der Waals surface area (Å²) in [6.45, 7) is 1.97. The van der Waals surface area contributed by atoms with Gasteiger partial charge in [-0.05, 0) is 19.1 Å². The molecule has 1 aromatic rings. The molecule has 0 spiro atoms. The average molecular weight is 378 g/mol. The van der Waals surface area contributed by atoms with E-state index in [0.717, 1.165) is 0 Å². The number of carbonyl (C=O) groups excluding carboxylic acids is 1. The van der Waals surface area contributed by atoms with Crippen LogP contribution in [0.1, 0.15) is 13.8 Å². The van der Waals surface area contributed by atoms with Crippen LogP contribution in [0.15, 0.2) is 17.0 Å². The molecule has 0 aliphatic carbocycles. The zero-order valence-electron chi connectivity index (χ0n) is 11.4. The number of amides is 1. The number of hydrogen-bond donors (Lipinski definition) is 2. The predicted octanol–water partition coefficient (Wildman–Crippen LogP) is 3.37. The molecule has 2 atom stereocenters. The molecule has 0 aliphatic heterocycles. The number of nitrogens with one attached hydrogen (secondary N) is 1. The molecular weight excluding hydrogens is 366 g/mol. The highest BCUT2D eigenvalue weighted by Gasteiger charge is 2.55. The fourth-order valence-corrected chi connectivity index (χ4v) is 2.86. The number of hydrogen-bond acceptors (Lipinski definition) is 3. The van der Waals surface area contributed by atoms with Crippen LogP contribution in [0.25, 0.3) is 0 Å². The molecule has 2 N–H and O–H groups in total. The van der Waals surface area contributed by atoms with Crippen molar-refractivity contribution < 1.29 is 27.3 Å². The van der Waals surface area contributed by atoms with Crippen LogP contribution in [-0.4, -0.2) is 32.8 Å². The zero-order chi connectivity index (χ0) is 17.3. The van der Waals surface area contributed by atoms with Crippen LogP contribution in [0, 0.1) is 0 Å². The summed E-state index contributed by atoms with van der Waals surface area (Å²) in [4.78, 5) is 11.8. The van der Waals surface area contributed by atoms with E-state index in [1.165, 1.54) is 12.1 Å². The first-order valence-electron chi connectivity index (χ1n) is 5.90. The van der Waals surface area contributed by atoms with Crippen molar-refractivity contribution in [2.75, 3.05) is 11.1 Å². The van der Waals surface area contributed by atoms with Crippen LogP contribution in [0.3, 0.4) is 0 Å². The van der Waals surface area contributed by atoms with Crippen molar-refractivity contribution in [2.24, 2.45) is 0 Å². The fourth-order valence-electron chi connectivity index (χ4n) is 1.33. The Balaban J connectivity index is 3.14. The smallest absolute Gasteiger partial charge is 0.373 e. The second kappa shape index (κ2) is 6.74. The summed E-state index contributed by atoms with van der Waals surface area (Å²) >= 11 is 11.8. The molecule has 1 unspecified atom stereocenters. The standard InChI is InChI=1S/C12H12Cl2F3NO3S/c1-3-22(21)7-5-4-6(8(13)9(7)14)18-10(19)11(2,20)12(15,16)17/h4-5,20H,3H2,1-2H3,(H,18,19)/t11?,22-/m1/s1. The highest BCUT2D eigenvalue weighted by Crippen LogP contribution is 2.36. The zero-order valence-corrected chi connectivity index (χ0v) is 13.8.